The number of nitrogens with one attached hydrogen (secondary N) is 1. The molecule has 0 spiro atoms. The standard InChI is InChI=1S/C26H35Cl2N3O4S/c1-17(2)29-26(33)20(5)30(16-21-9-10-22(27)15-24(21)28)25(32)8-7-11-31(36(6,34)35)23-13-18(3)12-19(4)14-23/h9-10,12-15,17,20H,7-8,11,16H2,1-6H3,(H,29,33)/t20-/m1/s1. The quantitative estimate of drug-likeness (QED) is 0.418. The number of benzene rings is 2. The fourth-order valence-corrected chi connectivity index (χ4v) is 5.34. The highest BCUT2D eigenvalue weighted by Crippen LogP contribution is 2.25. The minimum Gasteiger partial charge on any atom is -0.352 e. The van der Waals surface area contributed by atoms with E-state index in [0.717, 1.165) is 17.4 Å². The summed E-state index contributed by atoms with van der Waals surface area (Å²) in [4.78, 5) is 27.6. The largest absolute Gasteiger partial charge is 0.352 e. The van der Waals surface area contributed by atoms with E-state index in [1.165, 1.54) is 9.21 Å². The Bertz CT molecular complexity index is 1180. The van der Waals surface area contributed by atoms with Crippen LogP contribution in [0, 0.1) is 13.8 Å². The number of hydrogen-bond donors (Lipinski definition) is 1. The molecule has 2 aromatic rings. The molecular formula is C26H35Cl2N3O4S. The van der Waals surface area contributed by atoms with Gasteiger partial charge in [0, 0.05) is 35.6 Å². The Labute approximate surface area is 224 Å². The third-order valence-corrected chi connectivity index (χ3v) is 7.38. The average Bonchev–Trinajstić information content (AvgIpc) is 2.73. The Hall–Kier alpha value is -2.29. The fourth-order valence-electron chi connectivity index (χ4n) is 3.92. The van der Waals surface area contributed by atoms with Crippen molar-refractivity contribution in [2.45, 2.75) is 66.1 Å². The molecule has 0 heterocycles. The van der Waals surface area contributed by atoms with Crippen LogP contribution in [-0.2, 0) is 26.2 Å². The van der Waals surface area contributed by atoms with Crippen molar-refractivity contribution in [3.8, 4) is 0 Å². The van der Waals surface area contributed by atoms with Gasteiger partial charge in [0.05, 0.1) is 11.9 Å². The highest BCUT2D eigenvalue weighted by Gasteiger charge is 2.27. The van der Waals surface area contributed by atoms with Crippen LogP contribution in [0.4, 0.5) is 5.69 Å². The SMILES string of the molecule is Cc1cc(C)cc(N(CCCC(=O)N(Cc2ccc(Cl)cc2Cl)[C@H](C)C(=O)NC(C)C)S(C)(=O)=O)c1. The Morgan fingerprint density at radius 2 is 1.61 bits per heavy atom. The van der Waals surface area contributed by atoms with Gasteiger partial charge in [-0.1, -0.05) is 35.3 Å². The van der Waals surface area contributed by atoms with Crippen molar-refractivity contribution in [1.82, 2.24) is 10.2 Å². The van der Waals surface area contributed by atoms with Crippen LogP contribution in [-0.4, -0.2) is 50.0 Å². The Morgan fingerprint density at radius 3 is 2.14 bits per heavy atom. The second-order valence-electron chi connectivity index (χ2n) is 9.38. The molecule has 0 aliphatic rings. The molecule has 2 rings (SSSR count). The summed E-state index contributed by atoms with van der Waals surface area (Å²) in [6.07, 6.45) is 1.49. The number of carbonyl (C=O) groups excluding carboxylic acids is 2. The number of hydrogen-bond acceptors (Lipinski definition) is 4. The number of sulfonamides is 1. The predicted molar refractivity (Wildman–Crippen MR) is 147 cm³/mol. The number of anilines is 1. The maximum Gasteiger partial charge on any atom is 0.242 e. The van der Waals surface area contributed by atoms with Crippen molar-refractivity contribution in [2.24, 2.45) is 0 Å². The molecule has 0 fully saturated rings. The van der Waals surface area contributed by atoms with Gasteiger partial charge in [-0.3, -0.25) is 13.9 Å². The number of amides is 2. The summed E-state index contributed by atoms with van der Waals surface area (Å²) in [5, 5.41) is 3.71. The van der Waals surface area contributed by atoms with Gasteiger partial charge >= 0.3 is 0 Å². The molecule has 2 aromatic carbocycles. The van der Waals surface area contributed by atoms with Gasteiger partial charge in [-0.15, -0.1) is 0 Å². The van der Waals surface area contributed by atoms with E-state index in [1.807, 2.05) is 45.9 Å². The molecule has 2 amide bonds. The van der Waals surface area contributed by atoms with Gasteiger partial charge in [0.25, 0.3) is 0 Å². The minimum absolute atomic E-state index is 0.0569. The zero-order chi connectivity index (χ0) is 27.2. The molecule has 0 unspecified atom stereocenters. The lowest BCUT2D eigenvalue weighted by molar-refractivity contribution is -0.140. The van der Waals surface area contributed by atoms with Crippen molar-refractivity contribution in [2.75, 3.05) is 17.1 Å². The van der Waals surface area contributed by atoms with E-state index in [0.29, 0.717) is 21.3 Å². The third-order valence-electron chi connectivity index (χ3n) is 5.60. The lowest BCUT2D eigenvalue weighted by Gasteiger charge is -2.30. The first kappa shape index (κ1) is 29.9. The molecule has 36 heavy (non-hydrogen) atoms. The number of nitrogens with zero attached hydrogens (tertiary/aromatic N) is 2. The smallest absolute Gasteiger partial charge is 0.242 e. The lowest BCUT2D eigenvalue weighted by Crippen LogP contribution is -2.49. The zero-order valence-electron chi connectivity index (χ0n) is 21.6. The summed E-state index contributed by atoms with van der Waals surface area (Å²) >= 11 is 12.3. The van der Waals surface area contributed by atoms with Crippen molar-refractivity contribution in [3.63, 3.8) is 0 Å². The van der Waals surface area contributed by atoms with Crippen LogP contribution < -0.4 is 9.62 Å². The van der Waals surface area contributed by atoms with Gasteiger partial charge in [-0.2, -0.15) is 0 Å². The van der Waals surface area contributed by atoms with Gasteiger partial charge in [-0.25, -0.2) is 8.42 Å². The Balaban J connectivity index is 2.23. The highest BCUT2D eigenvalue weighted by molar-refractivity contribution is 7.92. The second-order valence-corrected chi connectivity index (χ2v) is 12.1. The molecule has 0 radical (unpaired) electrons. The molecule has 1 atom stereocenters. The Kier molecular flexibility index (Phi) is 10.6. The van der Waals surface area contributed by atoms with Crippen LogP contribution in [0.2, 0.25) is 10.0 Å². The van der Waals surface area contributed by atoms with E-state index in [4.69, 9.17) is 23.2 Å². The van der Waals surface area contributed by atoms with Gasteiger partial charge in [0.15, 0.2) is 0 Å². The first-order chi connectivity index (χ1) is 16.7. The van der Waals surface area contributed by atoms with Crippen molar-refractivity contribution in [3.05, 3.63) is 63.1 Å². The molecule has 10 heteroatoms. The van der Waals surface area contributed by atoms with Crippen LogP contribution in [0.15, 0.2) is 36.4 Å². The molecular weight excluding hydrogens is 521 g/mol. The summed E-state index contributed by atoms with van der Waals surface area (Å²) in [5.74, 6) is -0.558. The Morgan fingerprint density at radius 1 is 1.00 bits per heavy atom. The number of halogens is 2. The molecule has 0 saturated heterocycles. The van der Waals surface area contributed by atoms with Crippen LogP contribution in [0.1, 0.15) is 50.3 Å². The minimum atomic E-state index is -3.56. The number of rotatable bonds is 11. The summed E-state index contributed by atoms with van der Waals surface area (Å²) in [5.41, 5.74) is 3.13. The summed E-state index contributed by atoms with van der Waals surface area (Å²) < 4.78 is 26.4. The molecule has 7 nitrogen and oxygen atoms in total. The molecule has 1 N–H and O–H groups in total. The van der Waals surface area contributed by atoms with Crippen LogP contribution in [0.5, 0.6) is 0 Å². The van der Waals surface area contributed by atoms with Crippen molar-refractivity contribution >= 4 is 50.7 Å². The number of carbonyl (C=O) groups is 2. The molecule has 198 valence electrons. The summed E-state index contributed by atoms with van der Waals surface area (Å²) in [7, 11) is -3.56. The van der Waals surface area contributed by atoms with E-state index in [9.17, 15) is 18.0 Å². The van der Waals surface area contributed by atoms with E-state index in [2.05, 4.69) is 5.32 Å². The molecule has 0 aromatic heterocycles. The summed E-state index contributed by atoms with van der Waals surface area (Å²) in [6, 6.07) is 9.74. The lowest BCUT2D eigenvalue weighted by atomic mass is 10.1. The van der Waals surface area contributed by atoms with Crippen LogP contribution in [0.3, 0.4) is 0 Å². The van der Waals surface area contributed by atoms with Gasteiger partial charge in [-0.05, 0) is 82.0 Å². The number of aryl methyl sites for hydroxylation is 2. The topological polar surface area (TPSA) is 86.8 Å². The first-order valence-corrected chi connectivity index (χ1v) is 14.4. The maximum absolute atomic E-state index is 13.3. The van der Waals surface area contributed by atoms with Gasteiger partial charge < -0.3 is 10.2 Å². The zero-order valence-corrected chi connectivity index (χ0v) is 24.0. The first-order valence-electron chi connectivity index (χ1n) is 11.8. The van der Waals surface area contributed by atoms with Gasteiger partial charge in [0.1, 0.15) is 6.04 Å². The predicted octanol–water partition coefficient (Wildman–Crippen LogP) is 5.10. The molecule has 0 saturated carbocycles. The monoisotopic (exact) mass is 555 g/mol. The highest BCUT2D eigenvalue weighted by atomic mass is 35.5. The van der Waals surface area contributed by atoms with E-state index in [1.54, 1.807) is 25.1 Å². The third kappa shape index (κ3) is 8.68. The fraction of sp³-hybridized carbons (Fsp3) is 0.462. The molecule has 0 bridgehead atoms. The van der Waals surface area contributed by atoms with E-state index in [-0.39, 0.29) is 43.8 Å². The summed E-state index contributed by atoms with van der Waals surface area (Å²) in [6.45, 7) is 9.43. The van der Waals surface area contributed by atoms with Crippen LogP contribution >= 0.6 is 23.2 Å². The van der Waals surface area contributed by atoms with E-state index >= 15 is 0 Å². The van der Waals surface area contributed by atoms with Crippen molar-refractivity contribution < 1.29 is 18.0 Å². The van der Waals surface area contributed by atoms with E-state index < -0.39 is 16.1 Å². The molecule has 0 aliphatic carbocycles. The van der Waals surface area contributed by atoms with Crippen LogP contribution in [0.25, 0.3) is 0 Å². The second kappa shape index (κ2) is 12.8. The average molecular weight is 557 g/mol. The molecule has 0 aliphatic heterocycles. The normalized spacial score (nSPS) is 12.4. The maximum atomic E-state index is 13.3. The van der Waals surface area contributed by atoms with Gasteiger partial charge in [0.2, 0.25) is 21.8 Å². The van der Waals surface area contributed by atoms with Crippen molar-refractivity contribution in [1.29, 1.82) is 0 Å².